The maximum Gasteiger partial charge on any atom is 0.250 e. The molecule has 24 heavy (non-hydrogen) atoms. The van der Waals surface area contributed by atoms with Gasteiger partial charge in [-0.05, 0) is 23.8 Å². The molecule has 0 bridgehead atoms. The number of hydrogen-bond donors (Lipinski definition) is 0. The van der Waals surface area contributed by atoms with Gasteiger partial charge in [0, 0.05) is 0 Å². The van der Waals surface area contributed by atoms with Crippen LogP contribution in [0.25, 0.3) is 12.2 Å². The number of nitrogens with zero attached hydrogens (tertiary/aromatic N) is 3. The van der Waals surface area contributed by atoms with Crippen LogP contribution in [-0.2, 0) is 7.59 Å². The number of rotatable bonds is 3. The fourth-order valence-electron chi connectivity index (χ4n) is 1.61. The minimum absolute atomic E-state index is 0.141. The third-order valence-corrected chi connectivity index (χ3v) is 3.71. The Hall–Kier alpha value is -0.490. The number of hydrogen-bond acceptors (Lipinski definition) is 4. The average molecular weight is 448 g/mol. The Labute approximate surface area is 168 Å². The van der Waals surface area contributed by atoms with Gasteiger partial charge in [-0.1, -0.05) is 87.8 Å². The van der Waals surface area contributed by atoms with Gasteiger partial charge in [0.15, 0.2) is 17.5 Å². The maximum absolute atomic E-state index is 5.81. The van der Waals surface area contributed by atoms with Crippen LogP contribution in [-0.4, -0.2) is 22.1 Å². The summed E-state index contributed by atoms with van der Waals surface area (Å²) in [5, 5.41) is 0. The maximum atomic E-state index is 5.81. The van der Waals surface area contributed by atoms with E-state index in [-0.39, 0.29) is 17.5 Å². The smallest absolute Gasteiger partial charge is 0.250 e. The highest BCUT2D eigenvalue weighted by Crippen LogP contribution is 2.39. The molecule has 0 aliphatic heterocycles. The SMILES string of the molecule is COc1ccc(/C=C/c2nc(C(Cl)(Cl)Cl)nc(C(Cl)(Cl)Cl)n2)cc1. The molecule has 4 nitrogen and oxygen atoms in total. The summed E-state index contributed by atoms with van der Waals surface area (Å²) in [6.45, 7) is 0. The van der Waals surface area contributed by atoms with E-state index < -0.39 is 7.59 Å². The topological polar surface area (TPSA) is 47.9 Å². The quantitative estimate of drug-likeness (QED) is 0.566. The lowest BCUT2D eigenvalue weighted by Crippen LogP contribution is -2.16. The zero-order chi connectivity index (χ0) is 18.0. The van der Waals surface area contributed by atoms with E-state index in [1.54, 1.807) is 19.3 Å². The minimum Gasteiger partial charge on any atom is -0.497 e. The molecule has 2 aromatic rings. The molecular weight excluding hydrogens is 439 g/mol. The van der Waals surface area contributed by atoms with Gasteiger partial charge in [0.05, 0.1) is 7.11 Å². The highest BCUT2D eigenvalue weighted by Gasteiger charge is 2.33. The molecule has 0 unspecified atom stereocenters. The van der Waals surface area contributed by atoms with Crippen molar-refractivity contribution >= 4 is 81.8 Å². The van der Waals surface area contributed by atoms with Crippen molar-refractivity contribution in [2.75, 3.05) is 7.11 Å². The van der Waals surface area contributed by atoms with E-state index >= 15 is 0 Å². The van der Waals surface area contributed by atoms with Crippen LogP contribution in [0.2, 0.25) is 0 Å². The Morgan fingerprint density at radius 3 is 1.71 bits per heavy atom. The van der Waals surface area contributed by atoms with E-state index in [2.05, 4.69) is 15.0 Å². The van der Waals surface area contributed by atoms with Crippen molar-refractivity contribution in [2.45, 2.75) is 7.59 Å². The molecule has 1 aromatic heterocycles. The molecule has 0 atom stereocenters. The van der Waals surface area contributed by atoms with Crippen molar-refractivity contribution in [1.29, 1.82) is 0 Å². The van der Waals surface area contributed by atoms with E-state index in [0.29, 0.717) is 0 Å². The van der Waals surface area contributed by atoms with Gasteiger partial charge in [0.1, 0.15) is 5.75 Å². The number of alkyl halides is 6. The molecule has 0 aliphatic rings. The first-order valence-corrected chi connectivity index (χ1v) is 8.59. The van der Waals surface area contributed by atoms with Crippen LogP contribution >= 0.6 is 69.6 Å². The van der Waals surface area contributed by atoms with Crippen molar-refractivity contribution < 1.29 is 4.74 Å². The van der Waals surface area contributed by atoms with Gasteiger partial charge in [-0.15, -0.1) is 0 Å². The summed E-state index contributed by atoms with van der Waals surface area (Å²) in [6, 6.07) is 7.32. The zero-order valence-electron chi connectivity index (χ0n) is 12.0. The van der Waals surface area contributed by atoms with Crippen molar-refractivity contribution in [3.63, 3.8) is 0 Å². The first kappa shape index (κ1) is 19.8. The van der Waals surface area contributed by atoms with Gasteiger partial charge in [-0.2, -0.15) is 0 Å². The molecule has 2 rings (SSSR count). The lowest BCUT2D eigenvalue weighted by atomic mass is 10.2. The molecule has 0 spiro atoms. The van der Waals surface area contributed by atoms with Gasteiger partial charge in [0.2, 0.25) is 7.59 Å². The van der Waals surface area contributed by atoms with E-state index in [9.17, 15) is 0 Å². The molecule has 1 heterocycles. The van der Waals surface area contributed by atoms with Crippen LogP contribution < -0.4 is 4.74 Å². The summed E-state index contributed by atoms with van der Waals surface area (Å²) < 4.78 is 1.34. The summed E-state index contributed by atoms with van der Waals surface area (Å²) in [7, 11) is 1.59. The summed E-state index contributed by atoms with van der Waals surface area (Å²) in [6.07, 6.45) is 3.34. The standard InChI is InChI=1S/C14H9Cl6N3O/c1-24-9-5-2-8(3-6-9)4-7-10-21-11(13(15,16)17)23-12(22-10)14(18,19)20/h2-7H,1H3/b7-4+. The van der Waals surface area contributed by atoms with Gasteiger partial charge in [-0.25, -0.2) is 15.0 Å². The number of halogens is 6. The van der Waals surface area contributed by atoms with E-state index in [4.69, 9.17) is 74.3 Å². The van der Waals surface area contributed by atoms with Crippen molar-refractivity contribution in [3.8, 4) is 5.75 Å². The third kappa shape index (κ3) is 5.51. The van der Waals surface area contributed by atoms with Crippen molar-refractivity contribution in [2.24, 2.45) is 0 Å². The molecule has 0 saturated carbocycles. The second-order valence-electron chi connectivity index (χ2n) is 4.44. The monoisotopic (exact) mass is 445 g/mol. The molecule has 0 aliphatic carbocycles. The highest BCUT2D eigenvalue weighted by atomic mass is 35.6. The number of ether oxygens (including phenoxy) is 1. The summed E-state index contributed by atoms with van der Waals surface area (Å²) in [4.78, 5) is 12.0. The van der Waals surface area contributed by atoms with Gasteiger partial charge >= 0.3 is 0 Å². The van der Waals surface area contributed by atoms with Crippen LogP contribution in [0.3, 0.4) is 0 Å². The first-order chi connectivity index (χ1) is 11.1. The van der Waals surface area contributed by atoms with Gasteiger partial charge in [0.25, 0.3) is 0 Å². The molecule has 0 amide bonds. The van der Waals surface area contributed by atoms with Gasteiger partial charge in [-0.3, -0.25) is 0 Å². The lowest BCUT2D eigenvalue weighted by molar-refractivity contribution is 0.415. The van der Waals surface area contributed by atoms with Crippen LogP contribution in [0.5, 0.6) is 5.75 Å². The third-order valence-electron chi connectivity index (χ3n) is 2.70. The average Bonchev–Trinajstić information content (AvgIpc) is 2.51. The van der Waals surface area contributed by atoms with E-state index in [0.717, 1.165) is 11.3 Å². The van der Waals surface area contributed by atoms with Crippen LogP contribution in [0.4, 0.5) is 0 Å². The van der Waals surface area contributed by atoms with Crippen molar-refractivity contribution in [1.82, 2.24) is 15.0 Å². The van der Waals surface area contributed by atoms with Crippen LogP contribution in [0.1, 0.15) is 23.0 Å². The molecule has 128 valence electrons. The summed E-state index contributed by atoms with van der Waals surface area (Å²) in [5.41, 5.74) is 0.877. The number of aromatic nitrogens is 3. The normalized spacial score (nSPS) is 12.6. The fourth-order valence-corrected chi connectivity index (χ4v) is 2.11. The van der Waals surface area contributed by atoms with Gasteiger partial charge < -0.3 is 4.74 Å². The van der Waals surface area contributed by atoms with Crippen LogP contribution in [0, 0.1) is 0 Å². The summed E-state index contributed by atoms with van der Waals surface area (Å²) in [5.74, 6) is 0.643. The Kier molecular flexibility index (Phi) is 6.46. The van der Waals surface area contributed by atoms with E-state index in [1.807, 2.05) is 24.3 Å². The number of methoxy groups -OCH3 is 1. The molecule has 0 fully saturated rings. The Morgan fingerprint density at radius 2 is 1.29 bits per heavy atom. The van der Waals surface area contributed by atoms with Crippen LogP contribution in [0.15, 0.2) is 24.3 Å². The molecular formula is C14H9Cl6N3O. The first-order valence-electron chi connectivity index (χ1n) is 6.32. The minimum atomic E-state index is -1.88. The molecule has 10 heteroatoms. The Balaban J connectivity index is 2.39. The second kappa shape index (κ2) is 7.81. The predicted octanol–water partition coefficient (Wildman–Crippen LogP) is 5.70. The molecule has 0 saturated heterocycles. The van der Waals surface area contributed by atoms with Crippen molar-refractivity contribution in [3.05, 3.63) is 47.3 Å². The Bertz CT molecular complexity index is 705. The fraction of sp³-hybridized carbons (Fsp3) is 0.214. The number of benzene rings is 1. The van der Waals surface area contributed by atoms with E-state index in [1.165, 1.54) is 0 Å². The highest BCUT2D eigenvalue weighted by molar-refractivity contribution is 6.67. The Morgan fingerprint density at radius 1 is 0.792 bits per heavy atom. The predicted molar refractivity (Wildman–Crippen MR) is 100 cm³/mol. The lowest BCUT2D eigenvalue weighted by Gasteiger charge is -2.14. The largest absolute Gasteiger partial charge is 0.497 e. The zero-order valence-corrected chi connectivity index (χ0v) is 16.5. The molecule has 0 N–H and O–H groups in total. The second-order valence-corrected chi connectivity index (χ2v) is 9.01. The molecule has 0 radical (unpaired) electrons. The molecule has 1 aromatic carbocycles. The summed E-state index contributed by atoms with van der Waals surface area (Å²) >= 11 is 34.9.